The van der Waals surface area contributed by atoms with Crippen LogP contribution in [0.4, 0.5) is 0 Å². The normalized spacial score (nSPS) is 16.4. The van der Waals surface area contributed by atoms with E-state index in [4.69, 9.17) is 9.47 Å². The van der Waals surface area contributed by atoms with Gasteiger partial charge in [-0.3, -0.25) is 9.69 Å². The fourth-order valence-corrected chi connectivity index (χ4v) is 3.85. The molecule has 1 heterocycles. The van der Waals surface area contributed by atoms with Crippen LogP contribution in [0.3, 0.4) is 0 Å². The first-order valence-corrected chi connectivity index (χ1v) is 9.58. The first kappa shape index (κ1) is 19.0. The maximum absolute atomic E-state index is 12.2. The zero-order valence-corrected chi connectivity index (χ0v) is 16.2. The van der Waals surface area contributed by atoms with Crippen molar-refractivity contribution in [1.29, 1.82) is 0 Å². The van der Waals surface area contributed by atoms with Crippen molar-refractivity contribution in [2.75, 3.05) is 20.3 Å². The van der Waals surface area contributed by atoms with Crippen LogP contribution >= 0.6 is 0 Å². The minimum atomic E-state index is -0.873. The van der Waals surface area contributed by atoms with Crippen molar-refractivity contribution in [1.82, 2.24) is 4.90 Å². The number of carbonyl (C=O) groups is 1. The summed E-state index contributed by atoms with van der Waals surface area (Å²) in [6, 6.07) is 22.6. The topological polar surface area (TPSA) is 59.0 Å². The molecule has 1 unspecified atom stereocenters. The van der Waals surface area contributed by atoms with Crippen molar-refractivity contribution in [2.24, 2.45) is 0 Å². The number of methoxy groups -OCH3 is 1. The Morgan fingerprint density at radius 3 is 2.72 bits per heavy atom. The van der Waals surface area contributed by atoms with Gasteiger partial charge >= 0.3 is 5.97 Å². The Hall–Kier alpha value is -3.31. The van der Waals surface area contributed by atoms with Crippen LogP contribution in [-0.2, 0) is 11.3 Å². The summed E-state index contributed by atoms with van der Waals surface area (Å²) in [5.74, 6) is 0.558. The van der Waals surface area contributed by atoms with E-state index >= 15 is 0 Å². The van der Waals surface area contributed by atoms with Gasteiger partial charge in [-0.25, -0.2) is 0 Å². The standard InChI is InChI=1S/C24H23NO4/c1-28-19-9-6-8-17(15-19)20-10-3-2-7-18(20)16-25-13-14-29-22-12-5-4-11-21(22)23(25)24(26)27/h2-12,15,23H,13-14,16H2,1H3,(H,26,27). The van der Waals surface area contributed by atoms with Gasteiger partial charge in [0, 0.05) is 18.7 Å². The highest BCUT2D eigenvalue weighted by Gasteiger charge is 2.32. The van der Waals surface area contributed by atoms with Gasteiger partial charge in [0.05, 0.1) is 7.11 Å². The van der Waals surface area contributed by atoms with Gasteiger partial charge in [-0.2, -0.15) is 0 Å². The minimum Gasteiger partial charge on any atom is -0.497 e. The molecule has 0 amide bonds. The second-order valence-corrected chi connectivity index (χ2v) is 6.99. The predicted octanol–water partition coefficient (Wildman–Crippen LogP) is 4.38. The van der Waals surface area contributed by atoms with Crippen molar-refractivity contribution in [3.8, 4) is 22.6 Å². The van der Waals surface area contributed by atoms with E-state index in [9.17, 15) is 9.90 Å². The maximum Gasteiger partial charge on any atom is 0.325 e. The monoisotopic (exact) mass is 389 g/mol. The molecule has 0 saturated carbocycles. The van der Waals surface area contributed by atoms with Crippen molar-refractivity contribution >= 4 is 5.97 Å². The smallest absolute Gasteiger partial charge is 0.325 e. The molecule has 29 heavy (non-hydrogen) atoms. The Morgan fingerprint density at radius 2 is 1.90 bits per heavy atom. The van der Waals surface area contributed by atoms with E-state index in [1.807, 2.05) is 71.6 Å². The number of para-hydroxylation sites is 1. The predicted molar refractivity (Wildman–Crippen MR) is 111 cm³/mol. The van der Waals surface area contributed by atoms with E-state index in [0.29, 0.717) is 31.0 Å². The third-order valence-corrected chi connectivity index (χ3v) is 5.22. The van der Waals surface area contributed by atoms with Gasteiger partial charge in [-0.1, -0.05) is 54.6 Å². The van der Waals surface area contributed by atoms with Crippen molar-refractivity contribution < 1.29 is 19.4 Å². The van der Waals surface area contributed by atoms with Crippen LogP contribution in [0.15, 0.2) is 72.8 Å². The lowest BCUT2D eigenvalue weighted by Gasteiger charge is -2.27. The van der Waals surface area contributed by atoms with E-state index in [1.54, 1.807) is 7.11 Å². The van der Waals surface area contributed by atoms with Crippen LogP contribution in [0.1, 0.15) is 17.2 Å². The lowest BCUT2D eigenvalue weighted by atomic mass is 9.97. The average molecular weight is 389 g/mol. The molecule has 0 aromatic heterocycles. The molecular weight excluding hydrogens is 366 g/mol. The van der Waals surface area contributed by atoms with Crippen LogP contribution in [0, 0.1) is 0 Å². The zero-order valence-electron chi connectivity index (χ0n) is 16.2. The summed E-state index contributed by atoms with van der Waals surface area (Å²) in [6.45, 7) is 1.47. The molecule has 0 saturated heterocycles. The molecular formula is C24H23NO4. The molecule has 4 rings (SSSR count). The molecule has 1 aliphatic heterocycles. The van der Waals surface area contributed by atoms with Gasteiger partial charge in [0.25, 0.3) is 0 Å². The van der Waals surface area contributed by atoms with Crippen molar-refractivity contribution in [2.45, 2.75) is 12.6 Å². The zero-order chi connectivity index (χ0) is 20.2. The third kappa shape index (κ3) is 3.96. The molecule has 0 aliphatic carbocycles. The number of nitrogens with zero attached hydrogens (tertiary/aromatic N) is 1. The molecule has 148 valence electrons. The number of carboxylic acid groups (broad SMARTS) is 1. The molecule has 1 N–H and O–H groups in total. The third-order valence-electron chi connectivity index (χ3n) is 5.22. The van der Waals surface area contributed by atoms with Crippen LogP contribution in [0.25, 0.3) is 11.1 Å². The lowest BCUT2D eigenvalue weighted by Crippen LogP contribution is -2.34. The number of carboxylic acids is 1. The number of hydrogen-bond acceptors (Lipinski definition) is 4. The number of hydrogen-bond donors (Lipinski definition) is 1. The quantitative estimate of drug-likeness (QED) is 0.702. The molecule has 3 aromatic rings. The van der Waals surface area contributed by atoms with E-state index in [1.165, 1.54) is 0 Å². The lowest BCUT2D eigenvalue weighted by molar-refractivity contribution is -0.143. The first-order valence-electron chi connectivity index (χ1n) is 9.58. The van der Waals surface area contributed by atoms with Gasteiger partial charge in [-0.15, -0.1) is 0 Å². The van der Waals surface area contributed by atoms with E-state index in [2.05, 4.69) is 6.07 Å². The number of fused-ring (bicyclic) bond motifs is 1. The van der Waals surface area contributed by atoms with Gasteiger partial charge in [-0.05, 0) is 34.9 Å². The molecule has 0 radical (unpaired) electrons. The van der Waals surface area contributed by atoms with Crippen molar-refractivity contribution in [3.05, 3.63) is 83.9 Å². The summed E-state index contributed by atoms with van der Waals surface area (Å²) in [7, 11) is 1.65. The molecule has 1 aliphatic rings. The second-order valence-electron chi connectivity index (χ2n) is 6.99. The fraction of sp³-hybridized carbons (Fsp3) is 0.208. The fourth-order valence-electron chi connectivity index (χ4n) is 3.85. The van der Waals surface area contributed by atoms with Crippen LogP contribution in [0.5, 0.6) is 11.5 Å². The summed E-state index contributed by atoms with van der Waals surface area (Å²) in [5.41, 5.74) is 3.86. The highest BCUT2D eigenvalue weighted by Crippen LogP contribution is 2.35. The largest absolute Gasteiger partial charge is 0.497 e. The molecule has 0 bridgehead atoms. The first-order chi connectivity index (χ1) is 14.2. The summed E-state index contributed by atoms with van der Waals surface area (Å²) in [5, 5.41) is 10.00. The second kappa shape index (κ2) is 8.37. The Labute approximate surface area is 170 Å². The number of rotatable bonds is 5. The number of aliphatic carboxylic acids is 1. The van der Waals surface area contributed by atoms with Gasteiger partial charge < -0.3 is 14.6 Å². The van der Waals surface area contributed by atoms with Gasteiger partial charge in [0.1, 0.15) is 24.1 Å². The average Bonchev–Trinajstić information content (AvgIpc) is 2.93. The molecule has 5 nitrogen and oxygen atoms in total. The minimum absolute atomic E-state index is 0.447. The number of ether oxygens (including phenoxy) is 2. The van der Waals surface area contributed by atoms with E-state index in [-0.39, 0.29) is 0 Å². The maximum atomic E-state index is 12.2. The molecule has 1 atom stereocenters. The summed E-state index contributed by atoms with van der Waals surface area (Å²) >= 11 is 0. The van der Waals surface area contributed by atoms with Crippen molar-refractivity contribution in [3.63, 3.8) is 0 Å². The Balaban J connectivity index is 1.71. The number of benzene rings is 3. The summed E-state index contributed by atoms with van der Waals surface area (Å²) in [4.78, 5) is 14.2. The highest BCUT2D eigenvalue weighted by atomic mass is 16.5. The van der Waals surface area contributed by atoms with E-state index < -0.39 is 12.0 Å². The Morgan fingerprint density at radius 1 is 1.10 bits per heavy atom. The van der Waals surface area contributed by atoms with Gasteiger partial charge in [0.15, 0.2) is 0 Å². The van der Waals surface area contributed by atoms with E-state index in [0.717, 1.165) is 22.4 Å². The van der Waals surface area contributed by atoms with Crippen LogP contribution in [0.2, 0.25) is 0 Å². The van der Waals surface area contributed by atoms with Crippen LogP contribution < -0.4 is 9.47 Å². The molecule has 3 aromatic carbocycles. The SMILES string of the molecule is COc1cccc(-c2ccccc2CN2CCOc3ccccc3C2C(=O)O)c1. The van der Waals surface area contributed by atoms with Crippen LogP contribution in [-0.4, -0.2) is 36.2 Å². The summed E-state index contributed by atoms with van der Waals surface area (Å²) < 4.78 is 11.2. The molecule has 0 spiro atoms. The van der Waals surface area contributed by atoms with Gasteiger partial charge in [0.2, 0.25) is 0 Å². The Bertz CT molecular complexity index is 1020. The Kier molecular flexibility index (Phi) is 5.49. The summed E-state index contributed by atoms with van der Waals surface area (Å²) in [6.07, 6.45) is 0. The highest BCUT2D eigenvalue weighted by molar-refractivity contribution is 5.77. The molecule has 5 heteroatoms. The molecule has 0 fully saturated rings.